The molecule has 0 aromatic carbocycles. The predicted molar refractivity (Wildman–Crippen MR) is 91.6 cm³/mol. The number of aliphatic hydroxyl groups is 4. The third kappa shape index (κ3) is 6.58. The van der Waals surface area contributed by atoms with Crippen molar-refractivity contribution in [2.75, 3.05) is 19.8 Å². The van der Waals surface area contributed by atoms with Gasteiger partial charge in [0.1, 0.15) is 24.9 Å². The molecule has 1 heterocycles. The Morgan fingerprint density at radius 1 is 0.875 bits per heavy atom. The normalized spacial score (nSPS) is 30.1. The molecule has 0 saturated carbocycles. The van der Waals surface area contributed by atoms with E-state index < -0.39 is 37.3 Å². The molecular weight excluding hydrogens is 312 g/mol. The maximum Gasteiger partial charge on any atom is 0.221 e. The number of rotatable bonds is 14. The van der Waals surface area contributed by atoms with Crippen LogP contribution in [0.2, 0.25) is 0 Å². The van der Waals surface area contributed by atoms with Crippen LogP contribution in [0.5, 0.6) is 0 Å². The van der Waals surface area contributed by atoms with Crippen molar-refractivity contribution in [1.82, 2.24) is 0 Å². The Morgan fingerprint density at radius 3 is 1.88 bits per heavy atom. The van der Waals surface area contributed by atoms with Crippen molar-refractivity contribution in [3.8, 4) is 0 Å². The molecule has 1 rings (SSSR count). The summed E-state index contributed by atoms with van der Waals surface area (Å²) in [5.74, 6) is -1.62. The standard InChI is InChI=1S/C18H36O6/c1-2-3-4-5-6-7-8-9-10-11-12-23-18(14-20)17(22)16(21)15(13-19)24-18/h15-17,19-22H,2-14H2,1H3/t15-,16-,17+,18?/m1/s1. The highest BCUT2D eigenvalue weighted by molar-refractivity contribution is 4.96. The largest absolute Gasteiger partial charge is 0.394 e. The number of unbranched alkanes of at least 4 members (excludes halogenated alkanes) is 9. The highest BCUT2D eigenvalue weighted by atomic mass is 16.7. The molecule has 1 unspecified atom stereocenters. The molecular formula is C18H36O6. The van der Waals surface area contributed by atoms with Gasteiger partial charge in [-0.2, -0.15) is 0 Å². The van der Waals surface area contributed by atoms with Crippen LogP contribution in [0.15, 0.2) is 0 Å². The Bertz CT molecular complexity index is 314. The SMILES string of the molecule is CCCCCCCCCCCCOC1(CO)O[C@H](CO)[C@@H](O)[C@@H]1O. The van der Waals surface area contributed by atoms with Gasteiger partial charge >= 0.3 is 0 Å². The molecule has 6 nitrogen and oxygen atoms in total. The Morgan fingerprint density at radius 2 is 1.42 bits per heavy atom. The van der Waals surface area contributed by atoms with Crippen molar-refractivity contribution in [3.05, 3.63) is 0 Å². The summed E-state index contributed by atoms with van der Waals surface area (Å²) in [4.78, 5) is 0. The summed E-state index contributed by atoms with van der Waals surface area (Å²) in [6.45, 7) is 1.59. The minimum absolute atomic E-state index is 0.346. The van der Waals surface area contributed by atoms with Crippen LogP contribution < -0.4 is 0 Å². The van der Waals surface area contributed by atoms with Crippen LogP contribution in [-0.2, 0) is 9.47 Å². The molecule has 1 aliphatic heterocycles. The van der Waals surface area contributed by atoms with E-state index in [1.807, 2.05) is 0 Å². The van der Waals surface area contributed by atoms with Gasteiger partial charge in [0, 0.05) is 0 Å². The number of hydrogen-bond donors (Lipinski definition) is 4. The van der Waals surface area contributed by atoms with E-state index in [0.29, 0.717) is 6.61 Å². The molecule has 0 bridgehead atoms. The lowest BCUT2D eigenvalue weighted by Crippen LogP contribution is -2.48. The highest BCUT2D eigenvalue weighted by Gasteiger charge is 2.54. The van der Waals surface area contributed by atoms with Gasteiger partial charge < -0.3 is 29.9 Å². The highest BCUT2D eigenvalue weighted by Crippen LogP contribution is 2.32. The van der Waals surface area contributed by atoms with Gasteiger partial charge in [-0.25, -0.2) is 0 Å². The molecule has 0 aromatic heterocycles. The third-order valence-corrected chi connectivity index (χ3v) is 4.75. The molecule has 24 heavy (non-hydrogen) atoms. The molecule has 1 saturated heterocycles. The average Bonchev–Trinajstić information content (AvgIpc) is 2.84. The van der Waals surface area contributed by atoms with E-state index in [-0.39, 0.29) is 0 Å². The zero-order valence-corrected chi connectivity index (χ0v) is 15.0. The topological polar surface area (TPSA) is 99.4 Å². The van der Waals surface area contributed by atoms with Gasteiger partial charge in [0.25, 0.3) is 0 Å². The van der Waals surface area contributed by atoms with Gasteiger partial charge in [-0.1, -0.05) is 64.7 Å². The van der Waals surface area contributed by atoms with Gasteiger partial charge in [0.15, 0.2) is 0 Å². The fourth-order valence-electron chi connectivity index (χ4n) is 3.13. The lowest BCUT2D eigenvalue weighted by Gasteiger charge is -2.30. The second-order valence-corrected chi connectivity index (χ2v) is 6.77. The van der Waals surface area contributed by atoms with Gasteiger partial charge in [0.2, 0.25) is 5.79 Å². The molecule has 1 aliphatic rings. The van der Waals surface area contributed by atoms with Crippen LogP contribution in [0, 0.1) is 0 Å². The molecule has 4 N–H and O–H groups in total. The van der Waals surface area contributed by atoms with E-state index in [2.05, 4.69) is 6.92 Å². The van der Waals surface area contributed by atoms with Crippen LogP contribution in [0.25, 0.3) is 0 Å². The fourth-order valence-corrected chi connectivity index (χ4v) is 3.13. The molecule has 0 spiro atoms. The Labute approximate surface area is 145 Å². The first kappa shape index (κ1) is 21.8. The van der Waals surface area contributed by atoms with E-state index in [0.717, 1.165) is 19.3 Å². The Kier molecular flexibility index (Phi) is 11.1. The first-order chi connectivity index (χ1) is 11.6. The zero-order valence-electron chi connectivity index (χ0n) is 15.0. The summed E-state index contributed by atoms with van der Waals surface area (Å²) in [7, 11) is 0. The summed E-state index contributed by atoms with van der Waals surface area (Å²) in [5.41, 5.74) is 0. The molecule has 0 radical (unpaired) electrons. The summed E-state index contributed by atoms with van der Waals surface area (Å²) in [5, 5.41) is 38.4. The van der Waals surface area contributed by atoms with E-state index >= 15 is 0 Å². The van der Waals surface area contributed by atoms with Crippen molar-refractivity contribution in [2.45, 2.75) is 95.2 Å². The van der Waals surface area contributed by atoms with Gasteiger partial charge in [-0.15, -0.1) is 0 Å². The minimum Gasteiger partial charge on any atom is -0.394 e. The van der Waals surface area contributed by atoms with Crippen LogP contribution >= 0.6 is 0 Å². The fraction of sp³-hybridized carbons (Fsp3) is 1.00. The first-order valence-electron chi connectivity index (χ1n) is 9.51. The molecule has 0 aromatic rings. The molecule has 0 amide bonds. The summed E-state index contributed by atoms with van der Waals surface area (Å²) >= 11 is 0. The van der Waals surface area contributed by atoms with Crippen molar-refractivity contribution in [1.29, 1.82) is 0 Å². The number of aliphatic hydroxyl groups excluding tert-OH is 4. The van der Waals surface area contributed by atoms with Gasteiger partial charge in [-0.05, 0) is 6.42 Å². The summed E-state index contributed by atoms with van der Waals surface area (Å²) in [6, 6.07) is 0. The smallest absolute Gasteiger partial charge is 0.221 e. The lowest BCUT2D eigenvalue weighted by atomic mass is 10.1. The van der Waals surface area contributed by atoms with Crippen LogP contribution in [-0.4, -0.2) is 64.3 Å². The van der Waals surface area contributed by atoms with E-state index in [1.54, 1.807) is 0 Å². The van der Waals surface area contributed by atoms with E-state index in [4.69, 9.17) is 14.6 Å². The van der Waals surface area contributed by atoms with E-state index in [1.165, 1.54) is 44.9 Å². The molecule has 4 atom stereocenters. The molecule has 6 heteroatoms. The second kappa shape index (κ2) is 12.2. The quantitative estimate of drug-likeness (QED) is 0.357. The van der Waals surface area contributed by atoms with Crippen molar-refractivity contribution >= 4 is 0 Å². The molecule has 144 valence electrons. The van der Waals surface area contributed by atoms with Crippen molar-refractivity contribution in [3.63, 3.8) is 0 Å². The third-order valence-electron chi connectivity index (χ3n) is 4.75. The summed E-state index contributed by atoms with van der Waals surface area (Å²) < 4.78 is 10.9. The maximum absolute atomic E-state index is 10.00. The van der Waals surface area contributed by atoms with Gasteiger partial charge in [0.05, 0.1) is 13.2 Å². The van der Waals surface area contributed by atoms with Crippen LogP contribution in [0.1, 0.15) is 71.1 Å². The summed E-state index contributed by atoms with van der Waals surface area (Å²) in [6.07, 6.45) is 8.55. The van der Waals surface area contributed by atoms with Crippen LogP contribution in [0.3, 0.4) is 0 Å². The Balaban J connectivity index is 2.09. The second-order valence-electron chi connectivity index (χ2n) is 6.77. The average molecular weight is 348 g/mol. The predicted octanol–water partition coefficient (Wildman–Crippen LogP) is 1.73. The zero-order chi connectivity index (χ0) is 17.8. The molecule has 1 fully saturated rings. The Hall–Kier alpha value is -0.240. The van der Waals surface area contributed by atoms with Gasteiger partial charge in [-0.3, -0.25) is 0 Å². The maximum atomic E-state index is 10.00. The molecule has 0 aliphatic carbocycles. The number of hydrogen-bond acceptors (Lipinski definition) is 6. The first-order valence-corrected chi connectivity index (χ1v) is 9.51. The number of ether oxygens (including phenoxy) is 2. The lowest BCUT2D eigenvalue weighted by molar-refractivity contribution is -0.276. The van der Waals surface area contributed by atoms with Crippen molar-refractivity contribution in [2.24, 2.45) is 0 Å². The van der Waals surface area contributed by atoms with Crippen molar-refractivity contribution < 1.29 is 29.9 Å². The minimum atomic E-state index is -1.62. The van der Waals surface area contributed by atoms with Crippen LogP contribution in [0.4, 0.5) is 0 Å². The van der Waals surface area contributed by atoms with E-state index in [9.17, 15) is 15.3 Å². The monoisotopic (exact) mass is 348 g/mol.